The van der Waals surface area contributed by atoms with E-state index in [0.717, 1.165) is 11.5 Å². The van der Waals surface area contributed by atoms with Gasteiger partial charge in [0.1, 0.15) is 0 Å². The number of hydrogen-bond acceptors (Lipinski definition) is 2. The van der Waals surface area contributed by atoms with Gasteiger partial charge < -0.3 is 16.0 Å². The molecule has 0 aromatic heterocycles. The predicted molar refractivity (Wildman–Crippen MR) is 105 cm³/mol. The number of carbonyl (C=O) groups excluding carboxylic acids is 1. The van der Waals surface area contributed by atoms with Gasteiger partial charge in [0.2, 0.25) is 0 Å². The molecule has 0 aliphatic heterocycles. The normalized spacial score (nSPS) is 15.5. The van der Waals surface area contributed by atoms with Gasteiger partial charge in [0.15, 0.2) is 5.96 Å². The Morgan fingerprint density at radius 3 is 2.65 bits per heavy atom. The highest BCUT2D eigenvalue weighted by atomic mass is 127. The van der Waals surface area contributed by atoms with Gasteiger partial charge in [-0.3, -0.25) is 9.79 Å². The Labute approximate surface area is 155 Å². The number of guanidine groups is 1. The Hall–Kier alpha value is -1.31. The molecule has 128 valence electrons. The molecule has 1 aliphatic carbocycles. The van der Waals surface area contributed by atoms with Crippen LogP contribution in [0.5, 0.6) is 0 Å². The summed E-state index contributed by atoms with van der Waals surface area (Å²) in [6.45, 7) is 0.650. The van der Waals surface area contributed by atoms with E-state index < -0.39 is 0 Å². The van der Waals surface area contributed by atoms with Crippen LogP contribution in [0.2, 0.25) is 0 Å². The lowest BCUT2D eigenvalue weighted by atomic mass is 9.96. The van der Waals surface area contributed by atoms with Gasteiger partial charge in [0, 0.05) is 32.2 Å². The molecule has 1 aliphatic rings. The third-order valence-corrected chi connectivity index (χ3v) is 4.05. The summed E-state index contributed by atoms with van der Waals surface area (Å²) in [4.78, 5) is 15.9. The minimum atomic E-state index is -0.0634. The summed E-state index contributed by atoms with van der Waals surface area (Å²) < 4.78 is 0. The quantitative estimate of drug-likeness (QED) is 0.391. The summed E-state index contributed by atoms with van der Waals surface area (Å²) in [6.07, 6.45) is 6.36. The number of halogens is 1. The van der Waals surface area contributed by atoms with Gasteiger partial charge in [-0.2, -0.15) is 0 Å². The van der Waals surface area contributed by atoms with Crippen LogP contribution >= 0.6 is 24.0 Å². The largest absolute Gasteiger partial charge is 0.355 e. The Kier molecular flexibility index (Phi) is 8.98. The average molecular weight is 430 g/mol. The molecule has 0 spiro atoms. The lowest BCUT2D eigenvalue weighted by molar-refractivity contribution is 0.0963. The van der Waals surface area contributed by atoms with E-state index in [1.54, 1.807) is 14.1 Å². The minimum absolute atomic E-state index is 0. The fourth-order valence-electron chi connectivity index (χ4n) is 2.79. The molecule has 0 saturated heterocycles. The van der Waals surface area contributed by atoms with E-state index >= 15 is 0 Å². The number of hydrogen-bond donors (Lipinski definition) is 3. The summed E-state index contributed by atoms with van der Waals surface area (Å²) in [5.74, 6) is 0.767. The summed E-state index contributed by atoms with van der Waals surface area (Å²) in [5, 5.41) is 9.45. The molecule has 3 N–H and O–H groups in total. The third-order valence-electron chi connectivity index (χ3n) is 4.05. The van der Waals surface area contributed by atoms with E-state index in [1.807, 2.05) is 24.3 Å². The van der Waals surface area contributed by atoms with Crippen molar-refractivity contribution < 1.29 is 4.79 Å². The Bertz CT molecular complexity index is 527. The number of amides is 1. The molecule has 0 radical (unpaired) electrons. The van der Waals surface area contributed by atoms with E-state index in [9.17, 15) is 4.79 Å². The highest BCUT2D eigenvalue weighted by molar-refractivity contribution is 14.0. The number of aliphatic imine (C=N–C) groups is 1. The molecule has 0 bridgehead atoms. The van der Waals surface area contributed by atoms with Crippen molar-refractivity contribution in [1.29, 1.82) is 0 Å². The second kappa shape index (κ2) is 10.5. The summed E-state index contributed by atoms with van der Waals surface area (Å²) >= 11 is 0. The van der Waals surface area contributed by atoms with Gasteiger partial charge in [-0.1, -0.05) is 31.4 Å². The van der Waals surface area contributed by atoms with Crippen LogP contribution in [0.25, 0.3) is 0 Å². The van der Waals surface area contributed by atoms with Crippen LogP contribution in [-0.4, -0.2) is 32.0 Å². The lowest BCUT2D eigenvalue weighted by Gasteiger charge is -2.24. The zero-order chi connectivity index (χ0) is 15.8. The summed E-state index contributed by atoms with van der Waals surface area (Å²) in [6, 6.07) is 8.15. The predicted octanol–water partition coefficient (Wildman–Crippen LogP) is 2.66. The number of benzene rings is 1. The van der Waals surface area contributed by atoms with Gasteiger partial charge in [0.05, 0.1) is 0 Å². The maximum atomic E-state index is 11.7. The number of rotatable bonds is 4. The first-order valence-corrected chi connectivity index (χ1v) is 8.01. The van der Waals surface area contributed by atoms with Crippen molar-refractivity contribution in [2.75, 3.05) is 14.1 Å². The average Bonchev–Trinajstić information content (AvgIpc) is 2.59. The maximum Gasteiger partial charge on any atom is 0.251 e. The van der Waals surface area contributed by atoms with Crippen molar-refractivity contribution in [2.45, 2.75) is 44.7 Å². The lowest BCUT2D eigenvalue weighted by Crippen LogP contribution is -2.43. The first-order chi connectivity index (χ1) is 10.7. The van der Waals surface area contributed by atoms with Gasteiger partial charge in [0.25, 0.3) is 5.91 Å². The fourth-order valence-corrected chi connectivity index (χ4v) is 2.79. The molecule has 1 aromatic rings. The molecule has 1 aromatic carbocycles. The molecule has 5 nitrogen and oxygen atoms in total. The molecule has 0 unspecified atom stereocenters. The molecule has 0 atom stereocenters. The molecule has 1 fully saturated rings. The zero-order valence-electron chi connectivity index (χ0n) is 13.9. The van der Waals surface area contributed by atoms with Crippen molar-refractivity contribution in [2.24, 2.45) is 4.99 Å². The SMILES string of the molecule is CN=C(NCc1cccc(C(=O)NC)c1)NC1CCCCC1.I. The van der Waals surface area contributed by atoms with Crippen molar-refractivity contribution in [1.82, 2.24) is 16.0 Å². The van der Waals surface area contributed by atoms with Crippen LogP contribution in [0.15, 0.2) is 29.3 Å². The molecule has 6 heteroatoms. The highest BCUT2D eigenvalue weighted by Gasteiger charge is 2.14. The molecule has 1 amide bonds. The smallest absolute Gasteiger partial charge is 0.251 e. The second-order valence-corrected chi connectivity index (χ2v) is 5.68. The fraction of sp³-hybridized carbons (Fsp3) is 0.529. The Balaban J connectivity index is 0.00000264. The van der Waals surface area contributed by atoms with Crippen molar-refractivity contribution >= 4 is 35.8 Å². The van der Waals surface area contributed by atoms with Crippen molar-refractivity contribution in [3.8, 4) is 0 Å². The van der Waals surface area contributed by atoms with Crippen molar-refractivity contribution in [3.05, 3.63) is 35.4 Å². The minimum Gasteiger partial charge on any atom is -0.355 e. The van der Waals surface area contributed by atoms with E-state index in [4.69, 9.17) is 0 Å². The van der Waals surface area contributed by atoms with E-state index in [-0.39, 0.29) is 29.9 Å². The van der Waals surface area contributed by atoms with Crippen molar-refractivity contribution in [3.63, 3.8) is 0 Å². The highest BCUT2D eigenvalue weighted by Crippen LogP contribution is 2.17. The van der Waals surface area contributed by atoms with E-state index in [1.165, 1.54) is 32.1 Å². The van der Waals surface area contributed by atoms with Gasteiger partial charge in [-0.05, 0) is 30.5 Å². The molecule has 23 heavy (non-hydrogen) atoms. The molecular weight excluding hydrogens is 403 g/mol. The Morgan fingerprint density at radius 1 is 1.26 bits per heavy atom. The standard InChI is InChI=1S/C17H26N4O.HI/c1-18-16(22)14-8-6-7-13(11-14)12-20-17(19-2)21-15-9-4-3-5-10-15;/h6-8,11,15H,3-5,9-10,12H2,1-2H3,(H,18,22)(H2,19,20,21);1H. The van der Waals surface area contributed by atoms with Crippen LogP contribution in [-0.2, 0) is 6.54 Å². The van der Waals surface area contributed by atoms with Crippen LogP contribution < -0.4 is 16.0 Å². The van der Waals surface area contributed by atoms with Gasteiger partial charge >= 0.3 is 0 Å². The number of nitrogens with one attached hydrogen (secondary N) is 3. The summed E-state index contributed by atoms with van der Waals surface area (Å²) in [7, 11) is 3.43. The van der Waals surface area contributed by atoms with Crippen LogP contribution in [0.4, 0.5) is 0 Å². The number of nitrogens with zero attached hydrogens (tertiary/aromatic N) is 1. The van der Waals surface area contributed by atoms with Gasteiger partial charge in [-0.25, -0.2) is 0 Å². The third kappa shape index (κ3) is 6.37. The van der Waals surface area contributed by atoms with Crippen LogP contribution in [0.3, 0.4) is 0 Å². The second-order valence-electron chi connectivity index (χ2n) is 5.68. The molecule has 2 rings (SSSR count). The monoisotopic (exact) mass is 430 g/mol. The molecular formula is C17H27IN4O. The number of carbonyl (C=O) groups is 1. The van der Waals surface area contributed by atoms with Crippen LogP contribution in [0.1, 0.15) is 48.0 Å². The zero-order valence-corrected chi connectivity index (χ0v) is 16.2. The van der Waals surface area contributed by atoms with Gasteiger partial charge in [-0.15, -0.1) is 24.0 Å². The summed E-state index contributed by atoms with van der Waals surface area (Å²) in [5.41, 5.74) is 1.74. The first-order valence-electron chi connectivity index (χ1n) is 8.01. The van der Waals surface area contributed by atoms with Crippen LogP contribution in [0, 0.1) is 0 Å². The Morgan fingerprint density at radius 2 is 2.00 bits per heavy atom. The molecule has 1 saturated carbocycles. The van der Waals surface area contributed by atoms with E-state index in [0.29, 0.717) is 18.2 Å². The first kappa shape index (κ1) is 19.7. The topological polar surface area (TPSA) is 65.5 Å². The molecule has 0 heterocycles. The maximum absolute atomic E-state index is 11.7. The van der Waals surface area contributed by atoms with E-state index in [2.05, 4.69) is 20.9 Å².